The molecule has 3 N–H and O–H groups in total. The van der Waals surface area contributed by atoms with E-state index >= 15 is 0 Å². The van der Waals surface area contributed by atoms with Crippen LogP contribution in [0.5, 0.6) is 0 Å². The lowest BCUT2D eigenvalue weighted by Crippen LogP contribution is -2.34. The van der Waals surface area contributed by atoms with Crippen molar-refractivity contribution in [1.82, 2.24) is 10.6 Å². The topological polar surface area (TPSA) is 106 Å². The van der Waals surface area contributed by atoms with Gasteiger partial charge in [0.15, 0.2) is 0 Å². The quantitative estimate of drug-likeness (QED) is 0.334. The SMILES string of the molecule is COC(=O)CN[C@@H](c1ccccc1)c1cc(Br)ccc1NC(=O)CNC(=O)OCc1ccccc1. The van der Waals surface area contributed by atoms with Crippen molar-refractivity contribution >= 4 is 39.6 Å². The highest BCUT2D eigenvalue weighted by Crippen LogP contribution is 2.31. The van der Waals surface area contributed by atoms with Gasteiger partial charge in [-0.1, -0.05) is 76.6 Å². The monoisotopic (exact) mass is 539 g/mol. The molecule has 0 spiro atoms. The van der Waals surface area contributed by atoms with Crippen molar-refractivity contribution in [3.05, 3.63) is 100 Å². The van der Waals surface area contributed by atoms with E-state index in [1.54, 1.807) is 12.1 Å². The number of amides is 2. The first kappa shape index (κ1) is 25.9. The molecule has 0 aromatic heterocycles. The molecular weight excluding hydrogens is 514 g/mol. The van der Waals surface area contributed by atoms with E-state index in [1.165, 1.54) is 7.11 Å². The van der Waals surface area contributed by atoms with E-state index in [9.17, 15) is 14.4 Å². The maximum atomic E-state index is 12.6. The average molecular weight is 540 g/mol. The number of alkyl carbamates (subject to hydrolysis) is 1. The lowest BCUT2D eigenvalue weighted by atomic mass is 9.97. The van der Waals surface area contributed by atoms with Crippen molar-refractivity contribution in [1.29, 1.82) is 0 Å². The first-order valence-corrected chi connectivity index (χ1v) is 11.6. The minimum absolute atomic E-state index is 0.0230. The molecule has 3 rings (SSSR count). The third kappa shape index (κ3) is 8.24. The summed E-state index contributed by atoms with van der Waals surface area (Å²) >= 11 is 3.48. The first-order chi connectivity index (χ1) is 17.0. The van der Waals surface area contributed by atoms with E-state index < -0.39 is 24.0 Å². The minimum atomic E-state index is -0.693. The molecule has 0 heterocycles. The molecule has 0 radical (unpaired) electrons. The number of esters is 1. The molecule has 9 heteroatoms. The van der Waals surface area contributed by atoms with E-state index in [2.05, 4.69) is 31.9 Å². The van der Waals surface area contributed by atoms with E-state index in [1.807, 2.05) is 66.7 Å². The number of carbonyl (C=O) groups is 3. The van der Waals surface area contributed by atoms with Gasteiger partial charge in [0.2, 0.25) is 5.91 Å². The molecular formula is C26H26BrN3O5. The minimum Gasteiger partial charge on any atom is -0.468 e. The molecule has 8 nitrogen and oxygen atoms in total. The van der Waals surface area contributed by atoms with Gasteiger partial charge >= 0.3 is 12.1 Å². The molecule has 0 saturated carbocycles. The summed E-state index contributed by atoms with van der Waals surface area (Å²) < 4.78 is 10.7. The molecule has 35 heavy (non-hydrogen) atoms. The maximum absolute atomic E-state index is 12.6. The van der Waals surface area contributed by atoms with Crippen LogP contribution in [0.4, 0.5) is 10.5 Å². The number of hydrogen-bond acceptors (Lipinski definition) is 6. The maximum Gasteiger partial charge on any atom is 0.407 e. The Morgan fingerprint density at radius 3 is 2.29 bits per heavy atom. The van der Waals surface area contributed by atoms with Crippen LogP contribution in [0.3, 0.4) is 0 Å². The predicted octanol–water partition coefficient (Wildman–Crippen LogP) is 4.17. The Morgan fingerprint density at radius 2 is 1.60 bits per heavy atom. The average Bonchev–Trinajstić information content (AvgIpc) is 2.89. The Labute approximate surface area is 212 Å². The number of methoxy groups -OCH3 is 1. The van der Waals surface area contributed by atoms with Gasteiger partial charge in [-0.3, -0.25) is 14.9 Å². The highest BCUT2D eigenvalue weighted by molar-refractivity contribution is 9.10. The number of carbonyl (C=O) groups excluding carboxylic acids is 3. The second-order valence-corrected chi connectivity index (χ2v) is 8.41. The molecule has 182 valence electrons. The number of ether oxygens (including phenoxy) is 2. The number of anilines is 1. The lowest BCUT2D eigenvalue weighted by molar-refractivity contribution is -0.139. The Bertz CT molecular complexity index is 1140. The molecule has 0 fully saturated rings. The van der Waals surface area contributed by atoms with Crippen molar-refractivity contribution in [3.63, 3.8) is 0 Å². The molecule has 0 aliphatic rings. The molecule has 2 amide bonds. The van der Waals surface area contributed by atoms with Crippen molar-refractivity contribution < 1.29 is 23.9 Å². The largest absolute Gasteiger partial charge is 0.468 e. The normalized spacial score (nSPS) is 11.3. The van der Waals surface area contributed by atoms with E-state index in [0.717, 1.165) is 21.2 Å². The Morgan fingerprint density at radius 1 is 0.914 bits per heavy atom. The molecule has 3 aromatic carbocycles. The van der Waals surface area contributed by atoms with Crippen LogP contribution in [-0.4, -0.2) is 38.2 Å². The van der Waals surface area contributed by atoms with Crippen LogP contribution >= 0.6 is 15.9 Å². The van der Waals surface area contributed by atoms with Crippen LogP contribution in [0.25, 0.3) is 0 Å². The third-order valence-electron chi connectivity index (χ3n) is 5.02. The number of hydrogen-bond donors (Lipinski definition) is 3. The van der Waals surface area contributed by atoms with Crippen LogP contribution in [0.15, 0.2) is 83.3 Å². The fourth-order valence-corrected chi connectivity index (χ4v) is 3.70. The van der Waals surface area contributed by atoms with Crippen LogP contribution in [0.1, 0.15) is 22.7 Å². The fraction of sp³-hybridized carbons (Fsp3) is 0.192. The molecule has 0 aliphatic heterocycles. The van der Waals surface area contributed by atoms with Crippen molar-refractivity contribution in [2.24, 2.45) is 0 Å². The summed E-state index contributed by atoms with van der Waals surface area (Å²) in [5, 5.41) is 8.48. The molecule has 0 aliphatic carbocycles. The van der Waals surface area contributed by atoms with Crippen LogP contribution in [0, 0.1) is 0 Å². The van der Waals surface area contributed by atoms with Gasteiger partial charge in [0.1, 0.15) is 13.2 Å². The van der Waals surface area contributed by atoms with Gasteiger partial charge in [0, 0.05) is 10.2 Å². The first-order valence-electron chi connectivity index (χ1n) is 10.8. The predicted molar refractivity (Wildman–Crippen MR) is 136 cm³/mol. The Balaban J connectivity index is 1.68. The van der Waals surface area contributed by atoms with Gasteiger partial charge in [0.05, 0.1) is 19.7 Å². The van der Waals surface area contributed by atoms with Crippen molar-refractivity contribution in [3.8, 4) is 0 Å². The Hall–Kier alpha value is -3.69. The van der Waals surface area contributed by atoms with Gasteiger partial charge in [-0.25, -0.2) is 4.79 Å². The van der Waals surface area contributed by atoms with Crippen molar-refractivity contribution in [2.75, 3.05) is 25.5 Å². The van der Waals surface area contributed by atoms with E-state index in [4.69, 9.17) is 9.47 Å². The van der Waals surface area contributed by atoms with Crippen molar-refractivity contribution in [2.45, 2.75) is 12.6 Å². The van der Waals surface area contributed by atoms with Gasteiger partial charge < -0.3 is 20.1 Å². The standard InChI is InChI=1S/C26H26BrN3O5/c1-34-24(32)16-28-25(19-10-6-3-7-11-19)21-14-20(27)12-13-22(21)30-23(31)15-29-26(33)35-17-18-8-4-2-5-9-18/h2-14,25,28H,15-17H2,1H3,(H,29,33)(H,30,31)/t25-/m0/s1. The zero-order chi connectivity index (χ0) is 25.0. The second-order valence-electron chi connectivity index (χ2n) is 7.50. The van der Waals surface area contributed by atoms with E-state index in [0.29, 0.717) is 5.69 Å². The molecule has 3 aromatic rings. The fourth-order valence-electron chi connectivity index (χ4n) is 3.32. The van der Waals surface area contributed by atoms with Gasteiger partial charge in [-0.15, -0.1) is 0 Å². The van der Waals surface area contributed by atoms with Gasteiger partial charge in [0.25, 0.3) is 0 Å². The molecule has 0 unspecified atom stereocenters. The van der Waals surface area contributed by atoms with Gasteiger partial charge in [-0.2, -0.15) is 0 Å². The second kappa shape index (κ2) is 13.3. The number of benzene rings is 3. The summed E-state index contributed by atoms with van der Waals surface area (Å²) in [4.78, 5) is 36.4. The van der Waals surface area contributed by atoms with Gasteiger partial charge in [-0.05, 0) is 34.9 Å². The summed E-state index contributed by atoms with van der Waals surface area (Å²) in [5.41, 5.74) is 3.00. The molecule has 0 saturated heterocycles. The zero-order valence-corrected chi connectivity index (χ0v) is 20.7. The summed E-state index contributed by atoms with van der Waals surface area (Å²) in [5.74, 6) is -0.838. The van der Waals surface area contributed by atoms with Crippen LogP contribution in [0.2, 0.25) is 0 Å². The highest BCUT2D eigenvalue weighted by atomic mass is 79.9. The number of nitrogens with one attached hydrogen (secondary N) is 3. The summed E-state index contributed by atoms with van der Waals surface area (Å²) in [6, 6.07) is 23.8. The highest BCUT2D eigenvalue weighted by Gasteiger charge is 2.20. The third-order valence-corrected chi connectivity index (χ3v) is 5.51. The molecule has 0 bridgehead atoms. The lowest BCUT2D eigenvalue weighted by Gasteiger charge is -2.23. The summed E-state index contributed by atoms with van der Waals surface area (Å²) in [6.45, 7) is -0.185. The van der Waals surface area contributed by atoms with Crippen LogP contribution in [-0.2, 0) is 25.7 Å². The number of halogens is 1. The zero-order valence-electron chi connectivity index (χ0n) is 19.1. The Kier molecular flexibility index (Phi) is 9.82. The summed E-state index contributed by atoms with van der Waals surface area (Å²) in [7, 11) is 1.32. The number of rotatable bonds is 10. The van der Waals surface area contributed by atoms with E-state index in [-0.39, 0.29) is 19.7 Å². The smallest absolute Gasteiger partial charge is 0.407 e. The molecule has 1 atom stereocenters. The van der Waals surface area contributed by atoms with Crippen LogP contribution < -0.4 is 16.0 Å². The summed E-state index contributed by atoms with van der Waals surface area (Å²) in [6.07, 6.45) is -0.693.